The maximum Gasteiger partial charge on any atom is 0.337 e. The number of ether oxygens (including phenoxy) is 4. The highest BCUT2D eigenvalue weighted by molar-refractivity contribution is 9.10. The van der Waals surface area contributed by atoms with Crippen molar-refractivity contribution < 1.29 is 23.7 Å². The van der Waals surface area contributed by atoms with Gasteiger partial charge in [-0.05, 0) is 88.9 Å². The number of carbonyl (C=O) groups excluding carboxylic acids is 1. The largest absolute Gasteiger partial charge is 0.490 e. The molecule has 5 rings (SSSR count). The average molecular weight is 684 g/mol. The Labute approximate surface area is 265 Å². The second-order valence-electron chi connectivity index (χ2n) is 9.35. The third-order valence-corrected chi connectivity index (χ3v) is 8.44. The topological polar surface area (TPSA) is 88.4 Å². The van der Waals surface area contributed by atoms with Crippen LogP contribution in [0.15, 0.2) is 86.7 Å². The van der Waals surface area contributed by atoms with Gasteiger partial charge in [0.1, 0.15) is 12.4 Å². The van der Waals surface area contributed by atoms with Crippen molar-refractivity contribution in [1.82, 2.24) is 4.57 Å². The van der Waals surface area contributed by atoms with E-state index in [0.717, 1.165) is 15.6 Å². The molecule has 1 aliphatic heterocycles. The first kappa shape index (κ1) is 30.6. The molecule has 0 aliphatic carbocycles. The van der Waals surface area contributed by atoms with Gasteiger partial charge in [-0.3, -0.25) is 9.36 Å². The van der Waals surface area contributed by atoms with Gasteiger partial charge in [-0.1, -0.05) is 47.2 Å². The fourth-order valence-corrected chi connectivity index (χ4v) is 6.21. The quantitative estimate of drug-likeness (QED) is 0.196. The molecule has 0 N–H and O–H groups in total. The van der Waals surface area contributed by atoms with Gasteiger partial charge in [0.15, 0.2) is 16.3 Å². The van der Waals surface area contributed by atoms with E-state index in [2.05, 4.69) is 20.9 Å². The van der Waals surface area contributed by atoms with Gasteiger partial charge in [-0.15, -0.1) is 0 Å². The van der Waals surface area contributed by atoms with Gasteiger partial charge in [0.05, 0.1) is 40.9 Å². The molecule has 0 bridgehead atoms. The van der Waals surface area contributed by atoms with E-state index < -0.39 is 12.0 Å². The van der Waals surface area contributed by atoms with Crippen LogP contribution in [-0.2, 0) is 16.1 Å². The van der Waals surface area contributed by atoms with Crippen molar-refractivity contribution in [2.45, 2.75) is 26.5 Å². The van der Waals surface area contributed by atoms with Gasteiger partial charge in [0.25, 0.3) is 5.56 Å². The number of aromatic nitrogens is 1. The number of benzene rings is 3. The SMILES string of the molecule is CCOc1ccc([C@@H]2C(C(=O)OC)=CN=c3s/c(=C\c4ccc(OCc5ccc(Cl)cc5)c(Br)c4)c(=O)n32)cc1OCC. The average Bonchev–Trinajstić information content (AvgIpc) is 3.32. The number of carbonyl (C=O) groups is 1. The molecular weight excluding hydrogens is 656 g/mol. The molecule has 0 unspecified atom stereocenters. The minimum absolute atomic E-state index is 0.234. The van der Waals surface area contributed by atoms with Crippen molar-refractivity contribution >= 4 is 50.9 Å². The molecule has 4 aromatic rings. The number of methoxy groups -OCH3 is 1. The molecule has 1 aromatic heterocycles. The van der Waals surface area contributed by atoms with Crippen LogP contribution in [0.1, 0.15) is 36.6 Å². The second kappa shape index (κ2) is 13.6. The third-order valence-electron chi connectivity index (χ3n) is 6.57. The summed E-state index contributed by atoms with van der Waals surface area (Å²) in [6.07, 6.45) is 3.26. The molecule has 0 saturated heterocycles. The van der Waals surface area contributed by atoms with Crippen LogP contribution in [0.4, 0.5) is 0 Å². The highest BCUT2D eigenvalue weighted by Gasteiger charge is 2.31. The van der Waals surface area contributed by atoms with Gasteiger partial charge in [0.2, 0.25) is 0 Å². The Morgan fingerprint density at radius 3 is 2.42 bits per heavy atom. The fraction of sp³-hybridized carbons (Fsp3) is 0.219. The standard InChI is InChI=1S/C32H28BrClN2O6S/c1-4-40-26-13-9-21(16-27(26)41-5-2)29-23(31(38)39-3)17-35-32-36(29)30(37)28(43-32)15-20-8-12-25(24(33)14-20)42-18-19-6-10-22(34)11-7-19/h6-17,29H,4-5,18H2,1-3H3/b28-15-/t29-/m1/s1. The molecule has 43 heavy (non-hydrogen) atoms. The van der Waals surface area contributed by atoms with E-state index >= 15 is 0 Å². The van der Waals surface area contributed by atoms with Gasteiger partial charge in [-0.2, -0.15) is 0 Å². The minimum atomic E-state index is -0.767. The molecular formula is C32H28BrClN2O6S. The number of hydrogen-bond donors (Lipinski definition) is 0. The van der Waals surface area contributed by atoms with Crippen molar-refractivity contribution in [3.63, 3.8) is 0 Å². The van der Waals surface area contributed by atoms with Gasteiger partial charge >= 0.3 is 5.97 Å². The maximum atomic E-state index is 13.9. The number of halogens is 2. The lowest BCUT2D eigenvalue weighted by Gasteiger charge is -2.23. The Morgan fingerprint density at radius 2 is 1.72 bits per heavy atom. The summed E-state index contributed by atoms with van der Waals surface area (Å²) in [5.41, 5.74) is 2.39. The molecule has 8 nitrogen and oxygen atoms in total. The van der Waals surface area contributed by atoms with Gasteiger partial charge in [-0.25, -0.2) is 9.79 Å². The lowest BCUT2D eigenvalue weighted by Crippen LogP contribution is -2.39. The first-order valence-electron chi connectivity index (χ1n) is 13.5. The van der Waals surface area contributed by atoms with Crippen LogP contribution >= 0.6 is 38.9 Å². The summed E-state index contributed by atoms with van der Waals surface area (Å²) in [7, 11) is 1.30. The summed E-state index contributed by atoms with van der Waals surface area (Å²) in [4.78, 5) is 31.6. The van der Waals surface area contributed by atoms with Crippen molar-refractivity contribution in [1.29, 1.82) is 0 Å². The van der Waals surface area contributed by atoms with E-state index in [-0.39, 0.29) is 11.1 Å². The molecule has 0 amide bonds. The summed E-state index contributed by atoms with van der Waals surface area (Å²) in [6.45, 7) is 5.04. The Balaban J connectivity index is 1.51. The third kappa shape index (κ3) is 6.71. The van der Waals surface area contributed by atoms with Crippen LogP contribution < -0.4 is 29.1 Å². The first-order chi connectivity index (χ1) is 20.8. The number of nitrogens with zero attached hydrogens (tertiary/aromatic N) is 2. The van der Waals surface area contributed by atoms with Crippen LogP contribution in [0.2, 0.25) is 5.02 Å². The zero-order valence-electron chi connectivity index (χ0n) is 23.6. The normalized spacial score (nSPS) is 14.4. The Kier molecular flexibility index (Phi) is 9.69. The summed E-state index contributed by atoms with van der Waals surface area (Å²) in [6, 6.07) is 17.7. The maximum absolute atomic E-state index is 13.9. The van der Waals surface area contributed by atoms with E-state index in [4.69, 9.17) is 30.5 Å². The van der Waals surface area contributed by atoms with E-state index in [1.54, 1.807) is 18.2 Å². The summed E-state index contributed by atoms with van der Waals surface area (Å²) >= 11 is 10.8. The monoisotopic (exact) mass is 682 g/mol. The predicted octanol–water partition coefficient (Wildman–Crippen LogP) is 5.81. The summed E-state index contributed by atoms with van der Waals surface area (Å²) < 4.78 is 25.3. The Morgan fingerprint density at radius 1 is 1.00 bits per heavy atom. The molecule has 0 saturated carbocycles. The molecule has 222 valence electrons. The zero-order valence-corrected chi connectivity index (χ0v) is 26.8. The molecule has 2 heterocycles. The van der Waals surface area contributed by atoms with Crippen LogP contribution in [0, 0.1) is 0 Å². The van der Waals surface area contributed by atoms with E-state index in [1.165, 1.54) is 29.2 Å². The van der Waals surface area contributed by atoms with Gasteiger partial charge < -0.3 is 18.9 Å². The predicted molar refractivity (Wildman–Crippen MR) is 170 cm³/mol. The van der Waals surface area contributed by atoms with E-state index in [0.29, 0.717) is 57.0 Å². The number of hydrogen-bond acceptors (Lipinski definition) is 8. The molecule has 11 heteroatoms. The molecule has 0 fully saturated rings. The number of esters is 1. The van der Waals surface area contributed by atoms with Crippen molar-refractivity contribution in [2.24, 2.45) is 4.99 Å². The molecule has 3 aromatic carbocycles. The highest BCUT2D eigenvalue weighted by atomic mass is 79.9. The summed E-state index contributed by atoms with van der Waals surface area (Å²) in [5.74, 6) is 1.19. The fourth-order valence-electron chi connectivity index (χ4n) is 4.60. The van der Waals surface area contributed by atoms with E-state index in [9.17, 15) is 9.59 Å². The number of fused-ring (bicyclic) bond motifs is 1. The molecule has 0 radical (unpaired) electrons. The number of rotatable bonds is 10. The smallest absolute Gasteiger partial charge is 0.337 e. The Hall–Kier alpha value is -3.86. The minimum Gasteiger partial charge on any atom is -0.490 e. The molecule has 1 atom stereocenters. The summed E-state index contributed by atoms with van der Waals surface area (Å²) in [5, 5.41) is 0.669. The van der Waals surface area contributed by atoms with Crippen LogP contribution in [0.3, 0.4) is 0 Å². The van der Waals surface area contributed by atoms with Crippen molar-refractivity contribution in [3.05, 3.63) is 118 Å². The number of thiazole rings is 1. The van der Waals surface area contributed by atoms with Crippen LogP contribution in [0.5, 0.6) is 17.2 Å². The first-order valence-corrected chi connectivity index (χ1v) is 15.5. The molecule has 0 spiro atoms. The highest BCUT2D eigenvalue weighted by Crippen LogP contribution is 2.35. The van der Waals surface area contributed by atoms with Crippen molar-refractivity contribution in [2.75, 3.05) is 20.3 Å². The molecule has 1 aliphatic rings. The Bertz CT molecular complexity index is 1870. The van der Waals surface area contributed by atoms with Crippen molar-refractivity contribution in [3.8, 4) is 17.2 Å². The second-order valence-corrected chi connectivity index (χ2v) is 11.7. The van der Waals surface area contributed by atoms with Crippen LogP contribution in [-0.4, -0.2) is 30.9 Å². The van der Waals surface area contributed by atoms with Gasteiger partial charge in [0, 0.05) is 11.2 Å². The lowest BCUT2D eigenvalue weighted by atomic mass is 9.97. The van der Waals surface area contributed by atoms with Crippen LogP contribution in [0.25, 0.3) is 6.08 Å². The lowest BCUT2D eigenvalue weighted by molar-refractivity contribution is -0.136. The zero-order chi connectivity index (χ0) is 30.5. The van der Waals surface area contributed by atoms with E-state index in [1.807, 2.05) is 62.4 Å².